The molecule has 0 N–H and O–H groups in total. The van der Waals surface area contributed by atoms with Crippen molar-refractivity contribution in [2.75, 3.05) is 0 Å². The fraction of sp³-hybridized carbons (Fsp3) is 0.0612. The zero-order chi connectivity index (χ0) is 33.0. The van der Waals surface area contributed by atoms with Crippen LogP contribution in [0.5, 0.6) is 11.5 Å². The van der Waals surface area contributed by atoms with Gasteiger partial charge in [-0.3, -0.25) is 0 Å². The largest absolute Gasteiger partial charge is 0.457 e. The molecule has 1 heterocycles. The summed E-state index contributed by atoms with van der Waals surface area (Å²) in [6.45, 7) is 2.34. The van der Waals surface area contributed by atoms with Gasteiger partial charge in [0.25, 0.3) is 0 Å². The molecule has 1 heteroatoms. The van der Waals surface area contributed by atoms with E-state index < -0.39 is 5.41 Å². The van der Waals surface area contributed by atoms with E-state index in [0.717, 1.165) is 11.5 Å². The van der Waals surface area contributed by atoms with Crippen molar-refractivity contribution in [3.05, 3.63) is 215 Å². The molecule has 0 fully saturated rings. The number of benzene rings is 8. The van der Waals surface area contributed by atoms with Gasteiger partial charge in [-0.2, -0.15) is 0 Å². The zero-order valence-electron chi connectivity index (χ0n) is 27.7. The topological polar surface area (TPSA) is 9.23 Å². The minimum Gasteiger partial charge on any atom is -0.457 e. The molecule has 0 saturated carbocycles. The Kier molecular flexibility index (Phi) is 5.51. The Morgan fingerprint density at radius 1 is 0.380 bits per heavy atom. The first kappa shape index (κ1) is 27.7. The lowest BCUT2D eigenvalue weighted by Gasteiger charge is -2.40. The highest BCUT2D eigenvalue weighted by atomic mass is 16.5. The summed E-state index contributed by atoms with van der Waals surface area (Å²) in [5.74, 6) is 1.83. The predicted molar refractivity (Wildman–Crippen MR) is 204 cm³/mol. The maximum absolute atomic E-state index is 6.60. The Morgan fingerprint density at radius 2 is 0.920 bits per heavy atom. The SMILES string of the molecule is CC1(c2ccccc2)c2ccccc2Oc2ccc(-c3ccc4c(c3)C3(c5ccccc5-4)c4ccccc4-c4cccc5cccc3c45)cc21. The summed E-state index contributed by atoms with van der Waals surface area (Å²) in [5, 5.41) is 2.64. The second kappa shape index (κ2) is 9.94. The van der Waals surface area contributed by atoms with E-state index in [0.29, 0.717) is 0 Å². The van der Waals surface area contributed by atoms with Gasteiger partial charge in [-0.25, -0.2) is 0 Å². The fourth-order valence-corrected chi connectivity index (χ4v) is 9.61. The van der Waals surface area contributed by atoms with Crippen molar-refractivity contribution < 1.29 is 4.74 Å². The van der Waals surface area contributed by atoms with Gasteiger partial charge < -0.3 is 4.74 Å². The Balaban J connectivity index is 1.18. The molecule has 2 atom stereocenters. The molecular formula is C49H32O. The van der Waals surface area contributed by atoms with Crippen LogP contribution in [0.15, 0.2) is 176 Å². The monoisotopic (exact) mass is 636 g/mol. The van der Waals surface area contributed by atoms with Crippen LogP contribution in [-0.2, 0) is 10.8 Å². The quantitative estimate of drug-likeness (QED) is 0.183. The minimum absolute atomic E-state index is 0.378. The van der Waals surface area contributed by atoms with Gasteiger partial charge >= 0.3 is 0 Å². The van der Waals surface area contributed by atoms with Crippen LogP contribution in [0.3, 0.4) is 0 Å². The molecular weight excluding hydrogens is 605 g/mol. The fourth-order valence-electron chi connectivity index (χ4n) is 9.61. The molecule has 11 rings (SSSR count). The van der Waals surface area contributed by atoms with E-state index in [1.807, 2.05) is 0 Å². The Bertz CT molecular complexity index is 2700. The Labute approximate surface area is 292 Å². The lowest BCUT2D eigenvalue weighted by Crippen LogP contribution is -2.31. The van der Waals surface area contributed by atoms with E-state index in [4.69, 9.17) is 4.74 Å². The Morgan fingerprint density at radius 3 is 1.70 bits per heavy atom. The van der Waals surface area contributed by atoms with Gasteiger partial charge in [-0.15, -0.1) is 0 Å². The van der Waals surface area contributed by atoms with E-state index in [1.165, 1.54) is 83.1 Å². The maximum atomic E-state index is 6.60. The molecule has 0 saturated heterocycles. The van der Waals surface area contributed by atoms with Gasteiger partial charge in [0.2, 0.25) is 0 Å². The maximum Gasteiger partial charge on any atom is 0.131 e. The van der Waals surface area contributed by atoms with Gasteiger partial charge in [0.15, 0.2) is 0 Å². The van der Waals surface area contributed by atoms with Crippen molar-refractivity contribution in [1.29, 1.82) is 0 Å². The zero-order valence-corrected chi connectivity index (χ0v) is 27.7. The third-order valence-electron chi connectivity index (χ3n) is 11.8. The smallest absolute Gasteiger partial charge is 0.131 e. The molecule has 234 valence electrons. The first-order valence-corrected chi connectivity index (χ1v) is 17.5. The first-order chi connectivity index (χ1) is 24.7. The predicted octanol–water partition coefficient (Wildman–Crippen LogP) is 12.3. The number of ether oxygens (including phenoxy) is 1. The second-order valence-electron chi connectivity index (χ2n) is 14.1. The molecule has 0 amide bonds. The summed E-state index contributed by atoms with van der Waals surface area (Å²) in [5.41, 5.74) is 15.8. The van der Waals surface area contributed by atoms with Crippen LogP contribution in [-0.4, -0.2) is 0 Å². The van der Waals surface area contributed by atoms with E-state index in [1.54, 1.807) is 0 Å². The van der Waals surface area contributed by atoms with Crippen LogP contribution in [0.25, 0.3) is 44.2 Å². The lowest BCUT2D eigenvalue weighted by atomic mass is 9.61. The molecule has 8 aromatic rings. The van der Waals surface area contributed by atoms with Crippen LogP contribution in [0.1, 0.15) is 45.9 Å². The summed E-state index contributed by atoms with van der Waals surface area (Å²) in [4.78, 5) is 0. The van der Waals surface area contributed by atoms with Crippen molar-refractivity contribution in [1.82, 2.24) is 0 Å². The normalized spacial score (nSPS) is 18.8. The van der Waals surface area contributed by atoms with E-state index >= 15 is 0 Å². The highest BCUT2D eigenvalue weighted by molar-refractivity contribution is 6.07. The summed E-state index contributed by atoms with van der Waals surface area (Å²) < 4.78 is 6.60. The van der Waals surface area contributed by atoms with Gasteiger partial charge in [0, 0.05) is 16.5 Å². The second-order valence-corrected chi connectivity index (χ2v) is 14.1. The third kappa shape index (κ3) is 3.42. The molecule has 0 bridgehead atoms. The highest BCUT2D eigenvalue weighted by Gasteiger charge is 2.50. The molecule has 1 spiro atoms. The van der Waals surface area contributed by atoms with E-state index in [9.17, 15) is 0 Å². The Hall–Kier alpha value is -6.18. The summed E-state index contributed by atoms with van der Waals surface area (Å²) in [7, 11) is 0. The molecule has 50 heavy (non-hydrogen) atoms. The molecule has 8 aromatic carbocycles. The lowest BCUT2D eigenvalue weighted by molar-refractivity contribution is 0.427. The molecule has 3 aliphatic rings. The van der Waals surface area contributed by atoms with Crippen LogP contribution in [0.4, 0.5) is 0 Å². The van der Waals surface area contributed by atoms with Gasteiger partial charge in [-0.05, 0) is 103 Å². The van der Waals surface area contributed by atoms with E-state index in [2.05, 4.69) is 183 Å². The third-order valence-corrected chi connectivity index (χ3v) is 11.8. The van der Waals surface area contributed by atoms with Gasteiger partial charge in [0.05, 0.1) is 5.41 Å². The van der Waals surface area contributed by atoms with E-state index in [-0.39, 0.29) is 5.41 Å². The number of hydrogen-bond acceptors (Lipinski definition) is 1. The minimum atomic E-state index is -0.443. The molecule has 0 radical (unpaired) electrons. The summed E-state index contributed by atoms with van der Waals surface area (Å²) in [6.07, 6.45) is 0. The van der Waals surface area contributed by atoms with Crippen LogP contribution < -0.4 is 4.74 Å². The molecule has 1 nitrogen and oxygen atoms in total. The van der Waals surface area contributed by atoms with Crippen LogP contribution >= 0.6 is 0 Å². The van der Waals surface area contributed by atoms with Crippen molar-refractivity contribution in [2.45, 2.75) is 17.8 Å². The van der Waals surface area contributed by atoms with Crippen LogP contribution in [0, 0.1) is 0 Å². The van der Waals surface area contributed by atoms with Crippen molar-refractivity contribution in [3.63, 3.8) is 0 Å². The average molecular weight is 637 g/mol. The number of fused-ring (bicyclic) bond motifs is 11. The number of hydrogen-bond donors (Lipinski definition) is 0. The first-order valence-electron chi connectivity index (χ1n) is 17.5. The average Bonchev–Trinajstić information content (AvgIpc) is 3.47. The summed E-state index contributed by atoms with van der Waals surface area (Å²) in [6, 6.07) is 65.1. The van der Waals surface area contributed by atoms with Crippen molar-refractivity contribution in [3.8, 4) is 44.9 Å². The standard InChI is InChI=1S/C49H32O/c1-48(34-15-3-2-4-16-34)41-22-9-10-24-45(41)50-46-28-26-33(30-44(46)48)32-25-27-37-35-17-5-7-20-39(35)49(43(37)29-32)40-21-8-6-18-36(40)38-19-11-13-31-14-12-23-42(49)47(31)38/h2-30H,1H3. The number of rotatable bonds is 2. The van der Waals surface area contributed by atoms with Crippen molar-refractivity contribution >= 4 is 10.8 Å². The molecule has 2 unspecified atom stereocenters. The van der Waals surface area contributed by atoms with Crippen LogP contribution in [0.2, 0.25) is 0 Å². The van der Waals surface area contributed by atoms with Crippen molar-refractivity contribution in [2.24, 2.45) is 0 Å². The number of para-hydroxylation sites is 1. The summed E-state index contributed by atoms with van der Waals surface area (Å²) >= 11 is 0. The molecule has 2 aliphatic carbocycles. The molecule has 0 aromatic heterocycles. The molecule has 1 aliphatic heterocycles. The van der Waals surface area contributed by atoms with Gasteiger partial charge in [-0.1, -0.05) is 152 Å². The van der Waals surface area contributed by atoms with Gasteiger partial charge in [0.1, 0.15) is 11.5 Å². The highest BCUT2D eigenvalue weighted by Crippen LogP contribution is 2.62.